The maximum absolute atomic E-state index is 12.5. The monoisotopic (exact) mass is 384 g/mol. The minimum absolute atomic E-state index is 0.0893. The van der Waals surface area contributed by atoms with Crippen LogP contribution in [-0.4, -0.2) is 81.8 Å². The number of carbonyl (C=O) groups excluding carboxylic acids is 1. The molecule has 8 nitrogen and oxygen atoms in total. The number of carbonyl (C=O) groups is 2. The molecular formula is C17H25ClN4O4. The number of aliphatic carboxylic acids is 1. The van der Waals surface area contributed by atoms with E-state index in [4.69, 9.17) is 21.4 Å². The van der Waals surface area contributed by atoms with Gasteiger partial charge in [-0.3, -0.25) is 14.5 Å². The van der Waals surface area contributed by atoms with Crippen LogP contribution in [0.5, 0.6) is 0 Å². The van der Waals surface area contributed by atoms with E-state index in [0.29, 0.717) is 24.7 Å². The lowest BCUT2D eigenvalue weighted by Gasteiger charge is -2.40. The van der Waals surface area contributed by atoms with Crippen LogP contribution in [0.15, 0.2) is 6.20 Å². The van der Waals surface area contributed by atoms with Crippen LogP contribution in [0.3, 0.4) is 0 Å². The molecule has 0 unspecified atom stereocenters. The SMILES string of the molecule is O=C(O)Cn1c(Cl)cnc1CCC(=O)N1CCC(N2CCOCC2)CC1. The van der Waals surface area contributed by atoms with E-state index in [1.165, 1.54) is 10.8 Å². The van der Waals surface area contributed by atoms with Gasteiger partial charge in [0, 0.05) is 45.1 Å². The molecule has 0 aromatic carbocycles. The van der Waals surface area contributed by atoms with Crippen LogP contribution in [0, 0.1) is 0 Å². The van der Waals surface area contributed by atoms with Gasteiger partial charge in [-0.25, -0.2) is 4.98 Å². The molecule has 0 saturated carbocycles. The second kappa shape index (κ2) is 8.83. The predicted octanol–water partition coefficient (Wildman–Crippen LogP) is 0.877. The van der Waals surface area contributed by atoms with E-state index in [0.717, 1.165) is 52.2 Å². The van der Waals surface area contributed by atoms with Crippen molar-refractivity contribution >= 4 is 23.5 Å². The third kappa shape index (κ3) is 4.75. The molecule has 9 heteroatoms. The van der Waals surface area contributed by atoms with Crippen molar-refractivity contribution in [3.63, 3.8) is 0 Å². The molecule has 26 heavy (non-hydrogen) atoms. The van der Waals surface area contributed by atoms with Crippen LogP contribution in [0.2, 0.25) is 5.15 Å². The molecule has 2 aliphatic rings. The van der Waals surface area contributed by atoms with E-state index in [1.54, 1.807) is 0 Å². The van der Waals surface area contributed by atoms with Gasteiger partial charge in [0.15, 0.2) is 0 Å². The first-order valence-corrected chi connectivity index (χ1v) is 9.43. The molecule has 2 fully saturated rings. The Balaban J connectivity index is 1.47. The van der Waals surface area contributed by atoms with Crippen molar-refractivity contribution in [1.29, 1.82) is 0 Å². The summed E-state index contributed by atoms with van der Waals surface area (Å²) in [6, 6.07) is 0.538. The van der Waals surface area contributed by atoms with Crippen LogP contribution in [0.25, 0.3) is 0 Å². The molecule has 0 aliphatic carbocycles. The smallest absolute Gasteiger partial charge is 0.323 e. The fourth-order valence-electron chi connectivity index (χ4n) is 3.69. The van der Waals surface area contributed by atoms with Gasteiger partial charge in [-0.1, -0.05) is 11.6 Å². The third-order valence-electron chi connectivity index (χ3n) is 5.12. The van der Waals surface area contributed by atoms with E-state index < -0.39 is 5.97 Å². The highest BCUT2D eigenvalue weighted by Gasteiger charge is 2.27. The maximum atomic E-state index is 12.5. The molecule has 1 amide bonds. The fraction of sp³-hybridized carbons (Fsp3) is 0.706. The van der Waals surface area contributed by atoms with Gasteiger partial charge in [0.05, 0.1) is 19.4 Å². The Morgan fingerprint density at radius 3 is 2.58 bits per heavy atom. The van der Waals surface area contributed by atoms with Crippen LogP contribution >= 0.6 is 11.6 Å². The average Bonchev–Trinajstić information content (AvgIpc) is 3.00. The number of carboxylic acid groups (broad SMARTS) is 1. The first-order valence-electron chi connectivity index (χ1n) is 9.06. The van der Waals surface area contributed by atoms with E-state index in [-0.39, 0.29) is 17.6 Å². The first kappa shape index (κ1) is 19.1. The highest BCUT2D eigenvalue weighted by molar-refractivity contribution is 6.29. The van der Waals surface area contributed by atoms with Crippen molar-refractivity contribution < 1.29 is 19.4 Å². The first-order chi connectivity index (χ1) is 12.5. The maximum Gasteiger partial charge on any atom is 0.323 e. The van der Waals surface area contributed by atoms with Gasteiger partial charge >= 0.3 is 5.97 Å². The Kier molecular flexibility index (Phi) is 6.50. The summed E-state index contributed by atoms with van der Waals surface area (Å²) >= 11 is 5.97. The number of likely N-dealkylation sites (tertiary alicyclic amines) is 1. The highest BCUT2D eigenvalue weighted by atomic mass is 35.5. The van der Waals surface area contributed by atoms with Gasteiger partial charge in [0.25, 0.3) is 0 Å². The number of imidazole rings is 1. The molecule has 0 atom stereocenters. The van der Waals surface area contributed by atoms with Crippen molar-refractivity contribution in [2.24, 2.45) is 0 Å². The number of carboxylic acids is 1. The number of rotatable bonds is 6. The largest absolute Gasteiger partial charge is 0.480 e. The van der Waals surface area contributed by atoms with Crippen molar-refractivity contribution in [1.82, 2.24) is 19.4 Å². The number of ether oxygens (including phenoxy) is 1. The molecule has 2 aliphatic heterocycles. The molecule has 2 saturated heterocycles. The molecule has 3 rings (SSSR count). The summed E-state index contributed by atoms with van der Waals surface area (Å²) in [5, 5.41) is 9.23. The summed E-state index contributed by atoms with van der Waals surface area (Å²) in [7, 11) is 0. The number of nitrogens with zero attached hydrogens (tertiary/aromatic N) is 4. The quantitative estimate of drug-likeness (QED) is 0.783. The fourth-order valence-corrected chi connectivity index (χ4v) is 3.90. The number of halogens is 1. The normalized spacial score (nSPS) is 19.7. The molecular weight excluding hydrogens is 360 g/mol. The number of aryl methyl sites for hydroxylation is 1. The zero-order valence-corrected chi connectivity index (χ0v) is 15.5. The van der Waals surface area contributed by atoms with Gasteiger partial charge in [0.2, 0.25) is 5.91 Å². The van der Waals surface area contributed by atoms with Crippen LogP contribution in [-0.2, 0) is 27.3 Å². The summed E-state index contributed by atoms with van der Waals surface area (Å²) in [6.45, 7) is 4.84. The Labute approximate surface area is 157 Å². The molecule has 1 aromatic rings. The lowest BCUT2D eigenvalue weighted by atomic mass is 10.0. The lowest BCUT2D eigenvalue weighted by molar-refractivity contribution is -0.137. The van der Waals surface area contributed by atoms with Crippen molar-refractivity contribution in [2.75, 3.05) is 39.4 Å². The molecule has 0 radical (unpaired) electrons. The van der Waals surface area contributed by atoms with Gasteiger partial charge in [0.1, 0.15) is 17.5 Å². The lowest BCUT2D eigenvalue weighted by Crippen LogP contribution is -2.50. The van der Waals surface area contributed by atoms with E-state index >= 15 is 0 Å². The molecule has 3 heterocycles. The second-order valence-corrected chi connectivity index (χ2v) is 7.12. The number of hydrogen-bond acceptors (Lipinski definition) is 5. The van der Waals surface area contributed by atoms with Crippen molar-refractivity contribution in [3.05, 3.63) is 17.2 Å². The summed E-state index contributed by atoms with van der Waals surface area (Å²) < 4.78 is 6.83. The highest BCUT2D eigenvalue weighted by Crippen LogP contribution is 2.19. The van der Waals surface area contributed by atoms with Crippen LogP contribution < -0.4 is 0 Å². The van der Waals surface area contributed by atoms with Gasteiger partial charge in [-0.15, -0.1) is 0 Å². The van der Waals surface area contributed by atoms with Crippen LogP contribution in [0.1, 0.15) is 25.1 Å². The molecule has 0 spiro atoms. The Morgan fingerprint density at radius 1 is 1.23 bits per heavy atom. The standard InChI is InChI=1S/C17H25ClN4O4/c18-14-11-19-15(22(14)12-17(24)25)1-2-16(23)21-5-3-13(4-6-21)20-7-9-26-10-8-20/h11,13H,1-10,12H2,(H,24,25). The zero-order valence-electron chi connectivity index (χ0n) is 14.8. The number of aromatic nitrogens is 2. The number of amides is 1. The van der Waals surface area contributed by atoms with E-state index in [1.807, 2.05) is 4.90 Å². The summed E-state index contributed by atoms with van der Waals surface area (Å²) in [5.41, 5.74) is 0. The number of piperidine rings is 1. The number of morpholine rings is 1. The van der Waals surface area contributed by atoms with Gasteiger partial charge in [-0.05, 0) is 12.8 Å². The number of hydrogen-bond donors (Lipinski definition) is 1. The third-order valence-corrected chi connectivity index (χ3v) is 5.43. The molecule has 1 aromatic heterocycles. The Bertz CT molecular complexity index is 637. The Morgan fingerprint density at radius 2 is 1.92 bits per heavy atom. The van der Waals surface area contributed by atoms with E-state index in [9.17, 15) is 9.59 Å². The van der Waals surface area contributed by atoms with Crippen LogP contribution in [0.4, 0.5) is 0 Å². The zero-order chi connectivity index (χ0) is 18.5. The average molecular weight is 385 g/mol. The van der Waals surface area contributed by atoms with Gasteiger partial charge < -0.3 is 19.3 Å². The summed E-state index contributed by atoms with van der Waals surface area (Å²) in [4.78, 5) is 31.9. The second-order valence-electron chi connectivity index (χ2n) is 6.74. The Hall–Kier alpha value is -1.64. The minimum atomic E-state index is -0.984. The molecule has 0 bridgehead atoms. The predicted molar refractivity (Wildman–Crippen MR) is 95.2 cm³/mol. The van der Waals surface area contributed by atoms with Crippen molar-refractivity contribution in [2.45, 2.75) is 38.3 Å². The molecule has 144 valence electrons. The summed E-state index contributed by atoms with van der Waals surface area (Å²) in [6.07, 6.45) is 4.12. The summed E-state index contributed by atoms with van der Waals surface area (Å²) in [5.74, 6) is -0.358. The van der Waals surface area contributed by atoms with E-state index in [2.05, 4.69) is 9.88 Å². The van der Waals surface area contributed by atoms with Crippen molar-refractivity contribution in [3.8, 4) is 0 Å². The minimum Gasteiger partial charge on any atom is -0.480 e. The molecule has 1 N–H and O–H groups in total. The topological polar surface area (TPSA) is 87.9 Å². The van der Waals surface area contributed by atoms with Gasteiger partial charge in [-0.2, -0.15) is 0 Å².